The highest BCUT2D eigenvalue weighted by molar-refractivity contribution is 6.05. The van der Waals surface area contributed by atoms with Crippen LogP contribution in [-0.2, 0) is 6.42 Å². The van der Waals surface area contributed by atoms with E-state index in [1.807, 2.05) is 37.3 Å². The second-order valence-electron chi connectivity index (χ2n) is 5.00. The summed E-state index contributed by atoms with van der Waals surface area (Å²) in [5.74, 6) is -1.45. The van der Waals surface area contributed by atoms with E-state index in [1.165, 1.54) is 18.2 Å². The normalized spacial score (nSPS) is 10.8. The number of aromatic nitrogens is 1. The lowest BCUT2D eigenvalue weighted by molar-refractivity contribution is 0.0698. The Balaban J connectivity index is 2.44. The van der Waals surface area contributed by atoms with Crippen LogP contribution in [0, 0.1) is 5.82 Å². The van der Waals surface area contributed by atoms with Crippen molar-refractivity contribution >= 4 is 16.9 Å². The van der Waals surface area contributed by atoms with Crippen molar-refractivity contribution in [2.75, 3.05) is 0 Å². The number of hydrogen-bond donors (Lipinski definition) is 1. The maximum Gasteiger partial charge on any atom is 0.336 e. The molecule has 3 aromatic rings. The Kier molecular flexibility index (Phi) is 3.59. The molecule has 0 saturated carbocycles. The Morgan fingerprint density at radius 2 is 1.91 bits per heavy atom. The van der Waals surface area contributed by atoms with E-state index >= 15 is 0 Å². The lowest BCUT2D eigenvalue weighted by Gasteiger charge is -2.14. The van der Waals surface area contributed by atoms with Gasteiger partial charge in [-0.1, -0.05) is 37.3 Å². The van der Waals surface area contributed by atoms with Gasteiger partial charge in [-0.25, -0.2) is 14.2 Å². The second kappa shape index (κ2) is 5.56. The van der Waals surface area contributed by atoms with Gasteiger partial charge in [0, 0.05) is 17.0 Å². The van der Waals surface area contributed by atoms with Crippen LogP contribution < -0.4 is 0 Å². The minimum Gasteiger partial charge on any atom is -0.478 e. The van der Waals surface area contributed by atoms with E-state index < -0.39 is 11.8 Å². The van der Waals surface area contributed by atoms with Crippen molar-refractivity contribution in [3.05, 3.63) is 65.5 Å². The molecule has 3 rings (SSSR count). The quantitative estimate of drug-likeness (QED) is 0.783. The molecule has 110 valence electrons. The molecular formula is C18H14FNO2. The number of fused-ring (bicyclic) bond motifs is 1. The van der Waals surface area contributed by atoms with Gasteiger partial charge in [0.2, 0.25) is 0 Å². The zero-order valence-electron chi connectivity index (χ0n) is 12.0. The molecule has 4 heteroatoms. The first-order valence-electron chi connectivity index (χ1n) is 7.02. The molecule has 0 aliphatic carbocycles. The van der Waals surface area contributed by atoms with Crippen molar-refractivity contribution in [2.45, 2.75) is 13.3 Å². The van der Waals surface area contributed by atoms with E-state index in [9.17, 15) is 14.3 Å². The summed E-state index contributed by atoms with van der Waals surface area (Å²) in [6, 6.07) is 13.4. The van der Waals surface area contributed by atoms with Crippen molar-refractivity contribution in [3.63, 3.8) is 0 Å². The number of rotatable bonds is 3. The summed E-state index contributed by atoms with van der Waals surface area (Å²) in [6.45, 7) is 1.89. The Morgan fingerprint density at radius 1 is 1.18 bits per heavy atom. The number of carboxylic acids is 1. The molecule has 0 radical (unpaired) electrons. The summed E-state index contributed by atoms with van der Waals surface area (Å²) in [5.41, 5.74) is 2.64. The molecule has 0 fully saturated rings. The molecule has 0 spiro atoms. The van der Waals surface area contributed by atoms with Crippen LogP contribution in [0.2, 0.25) is 0 Å². The van der Waals surface area contributed by atoms with E-state index in [2.05, 4.69) is 4.98 Å². The van der Waals surface area contributed by atoms with Crippen LogP contribution in [-0.4, -0.2) is 16.1 Å². The smallest absolute Gasteiger partial charge is 0.336 e. The Bertz CT molecular complexity index is 860. The van der Waals surface area contributed by atoms with Crippen LogP contribution in [0.25, 0.3) is 22.2 Å². The van der Waals surface area contributed by atoms with Crippen molar-refractivity contribution in [1.82, 2.24) is 4.98 Å². The zero-order chi connectivity index (χ0) is 15.7. The fraction of sp³-hybridized carbons (Fsp3) is 0.111. The molecule has 0 amide bonds. The number of halogens is 1. The SMILES string of the molecule is CCc1c(-c2ccccc2)nc2cc(F)ccc2c1C(=O)O. The van der Waals surface area contributed by atoms with Crippen LogP contribution >= 0.6 is 0 Å². The summed E-state index contributed by atoms with van der Waals surface area (Å²) < 4.78 is 13.5. The summed E-state index contributed by atoms with van der Waals surface area (Å²) >= 11 is 0. The molecule has 0 aliphatic rings. The highest BCUT2D eigenvalue weighted by atomic mass is 19.1. The zero-order valence-corrected chi connectivity index (χ0v) is 12.0. The number of carboxylic acid groups (broad SMARTS) is 1. The fourth-order valence-corrected chi connectivity index (χ4v) is 2.70. The molecule has 0 bridgehead atoms. The van der Waals surface area contributed by atoms with E-state index in [1.54, 1.807) is 0 Å². The number of carbonyl (C=O) groups is 1. The van der Waals surface area contributed by atoms with Gasteiger partial charge in [0.1, 0.15) is 5.82 Å². The van der Waals surface area contributed by atoms with Crippen molar-refractivity contribution in [2.24, 2.45) is 0 Å². The van der Waals surface area contributed by atoms with Crippen LogP contribution in [0.4, 0.5) is 4.39 Å². The van der Waals surface area contributed by atoms with Gasteiger partial charge in [0.05, 0.1) is 16.8 Å². The van der Waals surface area contributed by atoms with Gasteiger partial charge in [-0.3, -0.25) is 0 Å². The minimum atomic E-state index is -1.02. The predicted octanol–water partition coefficient (Wildman–Crippen LogP) is 4.30. The summed E-state index contributed by atoms with van der Waals surface area (Å²) in [4.78, 5) is 16.3. The molecule has 1 heterocycles. The van der Waals surface area contributed by atoms with Crippen LogP contribution in [0.5, 0.6) is 0 Å². The van der Waals surface area contributed by atoms with Crippen molar-refractivity contribution in [1.29, 1.82) is 0 Å². The largest absolute Gasteiger partial charge is 0.478 e. The molecule has 22 heavy (non-hydrogen) atoms. The third-order valence-electron chi connectivity index (χ3n) is 3.66. The molecule has 0 unspecified atom stereocenters. The maximum atomic E-state index is 13.5. The molecule has 2 aromatic carbocycles. The Hall–Kier alpha value is -2.75. The highest BCUT2D eigenvalue weighted by Gasteiger charge is 2.20. The van der Waals surface area contributed by atoms with Gasteiger partial charge in [-0.15, -0.1) is 0 Å². The molecule has 3 nitrogen and oxygen atoms in total. The van der Waals surface area contributed by atoms with E-state index in [0.29, 0.717) is 28.6 Å². The number of hydrogen-bond acceptors (Lipinski definition) is 2. The van der Waals surface area contributed by atoms with E-state index in [4.69, 9.17) is 0 Å². The molecular weight excluding hydrogens is 281 g/mol. The van der Waals surface area contributed by atoms with Gasteiger partial charge in [0.15, 0.2) is 0 Å². The van der Waals surface area contributed by atoms with Crippen LogP contribution in [0.15, 0.2) is 48.5 Å². The van der Waals surface area contributed by atoms with Gasteiger partial charge in [0.25, 0.3) is 0 Å². The molecule has 0 saturated heterocycles. The monoisotopic (exact) mass is 295 g/mol. The van der Waals surface area contributed by atoms with Gasteiger partial charge in [-0.05, 0) is 24.1 Å². The molecule has 1 aromatic heterocycles. The second-order valence-corrected chi connectivity index (χ2v) is 5.00. The lowest BCUT2D eigenvalue weighted by atomic mass is 9.95. The predicted molar refractivity (Wildman–Crippen MR) is 83.5 cm³/mol. The molecule has 1 N–H and O–H groups in total. The van der Waals surface area contributed by atoms with Crippen molar-refractivity contribution in [3.8, 4) is 11.3 Å². The van der Waals surface area contributed by atoms with Gasteiger partial charge >= 0.3 is 5.97 Å². The maximum absolute atomic E-state index is 13.5. The first kappa shape index (κ1) is 14.2. The summed E-state index contributed by atoms with van der Waals surface area (Å²) in [6.07, 6.45) is 0.534. The van der Waals surface area contributed by atoms with E-state index in [-0.39, 0.29) is 5.56 Å². The average molecular weight is 295 g/mol. The van der Waals surface area contributed by atoms with Crippen LogP contribution in [0.1, 0.15) is 22.8 Å². The van der Waals surface area contributed by atoms with Gasteiger partial charge in [-0.2, -0.15) is 0 Å². The highest BCUT2D eigenvalue weighted by Crippen LogP contribution is 2.31. The molecule has 0 atom stereocenters. The first-order chi connectivity index (χ1) is 10.6. The standard InChI is InChI=1S/C18H14FNO2/c1-2-13-16(18(21)22)14-9-8-12(19)10-15(14)20-17(13)11-6-4-3-5-7-11/h3-10H,2H2,1H3,(H,21,22). The third-order valence-corrected chi connectivity index (χ3v) is 3.66. The Labute approximate surface area is 127 Å². The number of benzene rings is 2. The van der Waals surface area contributed by atoms with Crippen molar-refractivity contribution < 1.29 is 14.3 Å². The number of pyridine rings is 1. The van der Waals surface area contributed by atoms with E-state index in [0.717, 1.165) is 5.56 Å². The first-order valence-corrected chi connectivity index (χ1v) is 7.02. The van der Waals surface area contributed by atoms with Crippen LogP contribution in [0.3, 0.4) is 0 Å². The topological polar surface area (TPSA) is 50.2 Å². The fourth-order valence-electron chi connectivity index (χ4n) is 2.70. The minimum absolute atomic E-state index is 0.200. The number of aromatic carboxylic acids is 1. The average Bonchev–Trinajstić information content (AvgIpc) is 2.53. The third kappa shape index (κ3) is 2.33. The number of nitrogens with zero attached hydrogens (tertiary/aromatic N) is 1. The Morgan fingerprint density at radius 3 is 2.55 bits per heavy atom. The van der Waals surface area contributed by atoms with Gasteiger partial charge < -0.3 is 5.11 Å². The summed E-state index contributed by atoms with van der Waals surface area (Å²) in [7, 11) is 0. The summed E-state index contributed by atoms with van der Waals surface area (Å²) in [5, 5.41) is 10.1. The lowest BCUT2D eigenvalue weighted by Crippen LogP contribution is -2.07. The molecule has 0 aliphatic heterocycles.